The van der Waals surface area contributed by atoms with Crippen molar-refractivity contribution in [2.45, 2.75) is 206 Å². The summed E-state index contributed by atoms with van der Waals surface area (Å²) in [6, 6.07) is -0.510. The molecule has 0 aliphatic heterocycles. The number of esters is 1. The lowest BCUT2D eigenvalue weighted by Gasteiger charge is -2.20. The highest BCUT2D eigenvalue weighted by molar-refractivity contribution is 5.75. The normalized spacial score (nSPS) is 13.3. The van der Waals surface area contributed by atoms with Gasteiger partial charge in [0.1, 0.15) is 12.1 Å². The number of carbonyl (C=O) groups is 1. The van der Waals surface area contributed by atoms with Crippen LogP contribution in [0.25, 0.3) is 0 Å². The molecule has 0 aromatic heterocycles. The molecule has 4 heteroatoms. The highest BCUT2D eigenvalue weighted by Gasteiger charge is 2.20. The molecule has 0 bridgehead atoms. The standard InChI is InChI=1S/C38H74N2O2/c1-3-5-7-9-11-13-15-17-19-21-23-25-27-29-33-36(42-38(41)37(40)34-30-31-35-39)32-28-26-24-22-20-18-16-14-12-10-8-6-4-2/h13-16,36-37H,3-12,17-35,39-40H2,1-2H3/b15-13-,16-14-. The highest BCUT2D eigenvalue weighted by atomic mass is 16.5. The van der Waals surface area contributed by atoms with Crippen molar-refractivity contribution in [3.8, 4) is 0 Å². The van der Waals surface area contributed by atoms with Crippen molar-refractivity contribution in [3.63, 3.8) is 0 Å². The molecule has 42 heavy (non-hydrogen) atoms. The van der Waals surface area contributed by atoms with Gasteiger partial charge in [-0.1, -0.05) is 128 Å². The van der Waals surface area contributed by atoms with Crippen molar-refractivity contribution >= 4 is 5.97 Å². The zero-order chi connectivity index (χ0) is 30.8. The molecule has 0 aromatic carbocycles. The van der Waals surface area contributed by atoms with Crippen LogP contribution in [0.5, 0.6) is 0 Å². The van der Waals surface area contributed by atoms with E-state index in [2.05, 4.69) is 38.2 Å². The smallest absolute Gasteiger partial charge is 0.323 e. The molecule has 0 aliphatic rings. The number of carbonyl (C=O) groups excluding carboxylic acids is 1. The Hall–Kier alpha value is -1.13. The van der Waals surface area contributed by atoms with Crippen molar-refractivity contribution in [1.82, 2.24) is 0 Å². The second-order valence-corrected chi connectivity index (χ2v) is 12.6. The van der Waals surface area contributed by atoms with Gasteiger partial charge in [-0.3, -0.25) is 4.79 Å². The van der Waals surface area contributed by atoms with Crippen LogP contribution in [0.3, 0.4) is 0 Å². The SMILES string of the molecule is CCCCCC/C=C\CCCCCCCCC(CCCCCCC/C=C\CCCCCC)OC(=O)C(N)CCCCN. The quantitative estimate of drug-likeness (QED) is 0.0452. The Morgan fingerprint density at radius 1 is 0.524 bits per heavy atom. The molecule has 0 aliphatic carbocycles. The van der Waals surface area contributed by atoms with E-state index in [4.69, 9.17) is 16.2 Å². The van der Waals surface area contributed by atoms with Crippen LogP contribution in [-0.2, 0) is 9.53 Å². The number of hydrogen-bond acceptors (Lipinski definition) is 4. The van der Waals surface area contributed by atoms with Crippen molar-refractivity contribution in [1.29, 1.82) is 0 Å². The maximum atomic E-state index is 12.6. The Morgan fingerprint density at radius 3 is 1.29 bits per heavy atom. The van der Waals surface area contributed by atoms with Crippen LogP contribution in [0.2, 0.25) is 0 Å². The van der Waals surface area contributed by atoms with E-state index in [1.165, 1.54) is 135 Å². The van der Waals surface area contributed by atoms with E-state index in [-0.39, 0.29) is 12.1 Å². The lowest BCUT2D eigenvalue weighted by Crippen LogP contribution is -2.35. The van der Waals surface area contributed by atoms with Gasteiger partial charge in [0.05, 0.1) is 0 Å². The van der Waals surface area contributed by atoms with E-state index < -0.39 is 6.04 Å². The van der Waals surface area contributed by atoms with Gasteiger partial charge >= 0.3 is 5.97 Å². The molecule has 248 valence electrons. The van der Waals surface area contributed by atoms with Crippen LogP contribution in [0.4, 0.5) is 0 Å². The van der Waals surface area contributed by atoms with E-state index in [9.17, 15) is 4.79 Å². The van der Waals surface area contributed by atoms with Gasteiger partial charge in [-0.2, -0.15) is 0 Å². The average Bonchev–Trinajstić information content (AvgIpc) is 2.99. The van der Waals surface area contributed by atoms with Crippen LogP contribution >= 0.6 is 0 Å². The Balaban J connectivity index is 4.11. The predicted molar refractivity (Wildman–Crippen MR) is 186 cm³/mol. The van der Waals surface area contributed by atoms with E-state index in [0.29, 0.717) is 13.0 Å². The first-order valence-electron chi connectivity index (χ1n) is 18.6. The summed E-state index contributed by atoms with van der Waals surface area (Å²) in [6.07, 6.45) is 43.6. The van der Waals surface area contributed by atoms with Crippen LogP contribution in [0.15, 0.2) is 24.3 Å². The van der Waals surface area contributed by atoms with E-state index in [1.54, 1.807) is 0 Å². The highest BCUT2D eigenvalue weighted by Crippen LogP contribution is 2.18. The first-order valence-corrected chi connectivity index (χ1v) is 18.6. The zero-order valence-corrected chi connectivity index (χ0v) is 28.4. The first-order chi connectivity index (χ1) is 20.7. The Bertz CT molecular complexity index is 604. The number of allylic oxidation sites excluding steroid dienone is 4. The Labute approximate surface area is 263 Å². The number of rotatable bonds is 33. The molecule has 0 saturated heterocycles. The molecule has 0 fully saturated rings. The summed E-state index contributed by atoms with van der Waals surface area (Å²) < 4.78 is 5.95. The van der Waals surface area contributed by atoms with Gasteiger partial charge in [0, 0.05) is 0 Å². The minimum absolute atomic E-state index is 0.0242. The molecular formula is C38H74N2O2. The van der Waals surface area contributed by atoms with Gasteiger partial charge in [-0.05, 0) is 96.4 Å². The van der Waals surface area contributed by atoms with Crippen molar-refractivity contribution in [3.05, 3.63) is 24.3 Å². The minimum Gasteiger partial charge on any atom is -0.461 e. The summed E-state index contributed by atoms with van der Waals surface area (Å²) >= 11 is 0. The first kappa shape index (κ1) is 40.9. The fraction of sp³-hybridized carbons (Fsp3) is 0.868. The monoisotopic (exact) mass is 591 g/mol. The van der Waals surface area contributed by atoms with Gasteiger partial charge in [-0.25, -0.2) is 0 Å². The fourth-order valence-electron chi connectivity index (χ4n) is 5.50. The van der Waals surface area contributed by atoms with Crippen molar-refractivity contribution < 1.29 is 9.53 Å². The zero-order valence-electron chi connectivity index (χ0n) is 28.4. The summed E-state index contributed by atoms with van der Waals surface area (Å²) in [7, 11) is 0. The third kappa shape index (κ3) is 30.3. The third-order valence-electron chi connectivity index (χ3n) is 8.38. The molecule has 0 aromatic rings. The van der Waals surface area contributed by atoms with Gasteiger partial charge in [0.2, 0.25) is 0 Å². The van der Waals surface area contributed by atoms with Gasteiger partial charge in [0.25, 0.3) is 0 Å². The van der Waals surface area contributed by atoms with E-state index >= 15 is 0 Å². The Morgan fingerprint density at radius 2 is 0.881 bits per heavy atom. The predicted octanol–water partition coefficient (Wildman–Crippen LogP) is 11.3. The largest absolute Gasteiger partial charge is 0.461 e. The summed E-state index contributed by atoms with van der Waals surface area (Å²) in [6.45, 7) is 5.19. The third-order valence-corrected chi connectivity index (χ3v) is 8.38. The van der Waals surface area contributed by atoms with Crippen molar-refractivity contribution in [2.24, 2.45) is 11.5 Å². The number of nitrogens with two attached hydrogens (primary N) is 2. The molecule has 4 nitrogen and oxygen atoms in total. The van der Waals surface area contributed by atoms with Crippen LogP contribution < -0.4 is 11.5 Å². The van der Waals surface area contributed by atoms with Crippen LogP contribution in [0.1, 0.15) is 194 Å². The summed E-state index contributed by atoms with van der Waals surface area (Å²) in [4.78, 5) is 12.6. The molecule has 0 spiro atoms. The van der Waals surface area contributed by atoms with E-state index in [0.717, 1.165) is 38.5 Å². The topological polar surface area (TPSA) is 78.3 Å². The maximum Gasteiger partial charge on any atom is 0.323 e. The lowest BCUT2D eigenvalue weighted by atomic mass is 10.0. The molecule has 4 N–H and O–H groups in total. The Kier molecular flexibility index (Phi) is 33.4. The molecule has 0 saturated carbocycles. The fourth-order valence-corrected chi connectivity index (χ4v) is 5.50. The minimum atomic E-state index is -0.510. The molecule has 0 heterocycles. The average molecular weight is 591 g/mol. The van der Waals surface area contributed by atoms with Gasteiger partial charge in [-0.15, -0.1) is 0 Å². The summed E-state index contributed by atoms with van der Waals surface area (Å²) in [5, 5.41) is 0. The maximum absolute atomic E-state index is 12.6. The van der Waals surface area contributed by atoms with Gasteiger partial charge in [0.15, 0.2) is 0 Å². The molecule has 0 radical (unpaired) electrons. The summed E-state index contributed by atoms with van der Waals surface area (Å²) in [5.74, 6) is -0.211. The second-order valence-electron chi connectivity index (χ2n) is 12.6. The number of ether oxygens (including phenoxy) is 1. The van der Waals surface area contributed by atoms with Crippen LogP contribution in [0, 0.1) is 0 Å². The van der Waals surface area contributed by atoms with Crippen LogP contribution in [-0.4, -0.2) is 24.7 Å². The lowest BCUT2D eigenvalue weighted by molar-refractivity contribution is -0.151. The molecule has 0 amide bonds. The van der Waals surface area contributed by atoms with Crippen molar-refractivity contribution in [2.75, 3.05) is 6.54 Å². The van der Waals surface area contributed by atoms with E-state index in [1.807, 2.05) is 0 Å². The second kappa shape index (κ2) is 34.4. The molecular weight excluding hydrogens is 516 g/mol. The summed E-state index contributed by atoms with van der Waals surface area (Å²) in [5.41, 5.74) is 11.7. The van der Waals surface area contributed by atoms with Gasteiger partial charge < -0.3 is 16.2 Å². The molecule has 2 atom stereocenters. The molecule has 0 rings (SSSR count). The molecule has 2 unspecified atom stereocenters. The number of hydrogen-bond donors (Lipinski definition) is 2. The number of unbranched alkanes of at least 4 members (excludes halogenated alkanes) is 20.